The number of hydrogen-bond acceptors (Lipinski definition) is 4. The van der Waals surface area contributed by atoms with E-state index in [2.05, 4.69) is 5.32 Å². The van der Waals surface area contributed by atoms with Crippen LogP contribution < -0.4 is 5.32 Å². The summed E-state index contributed by atoms with van der Waals surface area (Å²) in [4.78, 5) is 24.9. The number of ether oxygens (including phenoxy) is 1. The first-order valence-electron chi connectivity index (χ1n) is 6.19. The SMILES string of the molecule is Cc1ccc(C(=O)NCC(=O)OCc2ccccc2)s1. The highest BCUT2D eigenvalue weighted by atomic mass is 32.1. The maximum atomic E-state index is 11.7. The number of esters is 1. The van der Waals surface area contributed by atoms with Crippen LogP contribution in [-0.2, 0) is 16.1 Å². The van der Waals surface area contributed by atoms with Gasteiger partial charge in [0.2, 0.25) is 0 Å². The Hall–Kier alpha value is -2.14. The standard InChI is InChI=1S/C15H15NO3S/c1-11-7-8-13(20-11)15(18)16-9-14(17)19-10-12-5-3-2-4-6-12/h2-8H,9-10H2,1H3,(H,16,18). The van der Waals surface area contributed by atoms with Crippen LogP contribution in [0.4, 0.5) is 0 Å². The second kappa shape index (κ2) is 6.86. The molecule has 0 saturated carbocycles. The fraction of sp³-hybridized carbons (Fsp3) is 0.200. The predicted octanol–water partition coefficient (Wildman–Crippen LogP) is 2.53. The summed E-state index contributed by atoms with van der Waals surface area (Å²) < 4.78 is 5.07. The number of thiophene rings is 1. The van der Waals surface area contributed by atoms with Crippen molar-refractivity contribution in [3.8, 4) is 0 Å². The molecule has 0 aliphatic heterocycles. The van der Waals surface area contributed by atoms with Crippen LogP contribution in [0.15, 0.2) is 42.5 Å². The Bertz CT molecular complexity index is 592. The highest BCUT2D eigenvalue weighted by Crippen LogP contribution is 2.14. The van der Waals surface area contributed by atoms with E-state index >= 15 is 0 Å². The topological polar surface area (TPSA) is 55.4 Å². The molecule has 0 unspecified atom stereocenters. The third-order valence-corrected chi connectivity index (χ3v) is 3.60. The zero-order chi connectivity index (χ0) is 14.4. The monoisotopic (exact) mass is 289 g/mol. The van der Waals surface area contributed by atoms with Crippen molar-refractivity contribution in [3.63, 3.8) is 0 Å². The van der Waals surface area contributed by atoms with Gasteiger partial charge in [-0.15, -0.1) is 11.3 Å². The molecule has 2 rings (SSSR count). The van der Waals surface area contributed by atoms with E-state index in [4.69, 9.17) is 4.74 Å². The van der Waals surface area contributed by atoms with Crippen LogP contribution in [0.1, 0.15) is 20.1 Å². The maximum absolute atomic E-state index is 11.7. The third-order valence-electron chi connectivity index (χ3n) is 2.60. The van der Waals surface area contributed by atoms with Crippen molar-refractivity contribution < 1.29 is 14.3 Å². The minimum atomic E-state index is -0.449. The number of aryl methyl sites for hydroxylation is 1. The first-order valence-corrected chi connectivity index (χ1v) is 7.01. The average Bonchev–Trinajstić information content (AvgIpc) is 2.90. The third kappa shape index (κ3) is 4.20. The van der Waals surface area contributed by atoms with Crippen molar-refractivity contribution in [1.82, 2.24) is 5.32 Å². The quantitative estimate of drug-likeness (QED) is 0.861. The molecule has 1 aromatic heterocycles. The van der Waals surface area contributed by atoms with Crippen LogP contribution in [0, 0.1) is 6.92 Å². The summed E-state index contributed by atoms with van der Waals surface area (Å²) in [5, 5.41) is 2.55. The van der Waals surface area contributed by atoms with Crippen LogP contribution in [-0.4, -0.2) is 18.4 Å². The van der Waals surface area contributed by atoms with Gasteiger partial charge in [-0.2, -0.15) is 0 Å². The largest absolute Gasteiger partial charge is 0.460 e. The normalized spacial score (nSPS) is 10.1. The summed E-state index contributed by atoms with van der Waals surface area (Å²) >= 11 is 1.39. The number of benzene rings is 1. The molecule has 0 spiro atoms. The van der Waals surface area contributed by atoms with E-state index in [1.54, 1.807) is 6.07 Å². The minimum Gasteiger partial charge on any atom is -0.460 e. The Morgan fingerprint density at radius 2 is 1.90 bits per heavy atom. The van der Waals surface area contributed by atoms with E-state index in [9.17, 15) is 9.59 Å². The van der Waals surface area contributed by atoms with Gasteiger partial charge in [0.1, 0.15) is 13.2 Å². The number of carbonyl (C=O) groups is 2. The van der Waals surface area contributed by atoms with E-state index in [1.807, 2.05) is 43.3 Å². The van der Waals surface area contributed by atoms with Gasteiger partial charge in [0, 0.05) is 4.88 Å². The molecule has 20 heavy (non-hydrogen) atoms. The van der Waals surface area contributed by atoms with Gasteiger partial charge in [0.05, 0.1) is 4.88 Å². The van der Waals surface area contributed by atoms with Crippen molar-refractivity contribution in [2.75, 3.05) is 6.54 Å². The van der Waals surface area contributed by atoms with Crippen LogP contribution >= 0.6 is 11.3 Å². The number of carbonyl (C=O) groups excluding carboxylic acids is 2. The Kier molecular flexibility index (Phi) is 4.90. The lowest BCUT2D eigenvalue weighted by molar-refractivity contribution is -0.143. The average molecular weight is 289 g/mol. The zero-order valence-electron chi connectivity index (χ0n) is 11.1. The van der Waals surface area contributed by atoms with Crippen molar-refractivity contribution >= 4 is 23.2 Å². The molecule has 1 heterocycles. The Labute approximate surface area is 121 Å². The summed E-state index contributed by atoms with van der Waals surface area (Å²) in [6, 6.07) is 13.0. The van der Waals surface area contributed by atoms with Crippen molar-refractivity contribution in [2.24, 2.45) is 0 Å². The summed E-state index contributed by atoms with van der Waals surface area (Å²) in [7, 11) is 0. The lowest BCUT2D eigenvalue weighted by Crippen LogP contribution is -2.30. The van der Waals surface area contributed by atoms with Gasteiger partial charge in [-0.25, -0.2) is 0 Å². The molecule has 0 radical (unpaired) electrons. The lowest BCUT2D eigenvalue weighted by atomic mass is 10.2. The van der Waals surface area contributed by atoms with Crippen molar-refractivity contribution in [2.45, 2.75) is 13.5 Å². The summed E-state index contributed by atoms with van der Waals surface area (Å²) in [5.41, 5.74) is 0.918. The Morgan fingerprint density at radius 1 is 1.15 bits per heavy atom. The molecule has 2 aromatic rings. The summed E-state index contributed by atoms with van der Waals surface area (Å²) in [6.45, 7) is 2.02. The van der Waals surface area contributed by atoms with Gasteiger partial charge in [-0.3, -0.25) is 9.59 Å². The second-order valence-corrected chi connectivity index (χ2v) is 5.53. The first kappa shape index (κ1) is 14.3. The predicted molar refractivity (Wildman–Crippen MR) is 77.6 cm³/mol. The highest BCUT2D eigenvalue weighted by Gasteiger charge is 2.10. The molecule has 1 amide bonds. The Balaban J connectivity index is 1.74. The lowest BCUT2D eigenvalue weighted by Gasteiger charge is -2.05. The van der Waals surface area contributed by atoms with Crippen molar-refractivity contribution in [3.05, 3.63) is 57.8 Å². The second-order valence-electron chi connectivity index (χ2n) is 4.24. The molecular weight excluding hydrogens is 274 g/mol. The first-order chi connectivity index (χ1) is 9.65. The van der Waals surface area contributed by atoms with Crippen LogP contribution in [0.5, 0.6) is 0 Å². The fourth-order valence-electron chi connectivity index (χ4n) is 1.59. The van der Waals surface area contributed by atoms with Crippen LogP contribution in [0.3, 0.4) is 0 Å². The molecule has 5 heteroatoms. The maximum Gasteiger partial charge on any atom is 0.325 e. The summed E-state index contributed by atoms with van der Waals surface area (Å²) in [6.07, 6.45) is 0. The molecule has 0 aliphatic carbocycles. The smallest absolute Gasteiger partial charge is 0.325 e. The number of nitrogens with one attached hydrogen (secondary N) is 1. The van der Waals surface area contributed by atoms with E-state index in [0.717, 1.165) is 10.4 Å². The van der Waals surface area contributed by atoms with Gasteiger partial charge in [-0.05, 0) is 24.6 Å². The van der Waals surface area contributed by atoms with Gasteiger partial charge in [0.25, 0.3) is 5.91 Å². The highest BCUT2D eigenvalue weighted by molar-refractivity contribution is 7.13. The zero-order valence-corrected chi connectivity index (χ0v) is 11.9. The molecule has 104 valence electrons. The van der Waals surface area contributed by atoms with Crippen LogP contribution in [0.25, 0.3) is 0 Å². The molecule has 4 nitrogen and oxygen atoms in total. The van der Waals surface area contributed by atoms with E-state index in [-0.39, 0.29) is 19.1 Å². The van der Waals surface area contributed by atoms with Crippen LogP contribution in [0.2, 0.25) is 0 Å². The van der Waals surface area contributed by atoms with E-state index < -0.39 is 5.97 Å². The van der Waals surface area contributed by atoms with Crippen molar-refractivity contribution in [1.29, 1.82) is 0 Å². The van der Waals surface area contributed by atoms with Gasteiger partial charge >= 0.3 is 5.97 Å². The Morgan fingerprint density at radius 3 is 2.55 bits per heavy atom. The molecule has 1 aromatic carbocycles. The molecule has 0 saturated heterocycles. The molecular formula is C15H15NO3S. The summed E-state index contributed by atoms with van der Waals surface area (Å²) in [5.74, 6) is -0.699. The molecule has 1 N–H and O–H groups in total. The van der Waals surface area contributed by atoms with Gasteiger partial charge in [-0.1, -0.05) is 30.3 Å². The van der Waals surface area contributed by atoms with Gasteiger partial charge in [0.15, 0.2) is 0 Å². The number of rotatable bonds is 5. The van der Waals surface area contributed by atoms with Gasteiger partial charge < -0.3 is 10.1 Å². The minimum absolute atomic E-state index is 0.122. The fourth-order valence-corrected chi connectivity index (χ4v) is 2.37. The van der Waals surface area contributed by atoms with E-state index in [0.29, 0.717) is 4.88 Å². The number of hydrogen-bond donors (Lipinski definition) is 1. The number of amides is 1. The molecule has 0 atom stereocenters. The molecule has 0 bridgehead atoms. The molecule has 0 fully saturated rings. The molecule has 0 aliphatic rings. The van der Waals surface area contributed by atoms with E-state index in [1.165, 1.54) is 11.3 Å².